The second-order valence-corrected chi connectivity index (χ2v) is 5.84. The molecule has 20 heavy (non-hydrogen) atoms. The van der Waals surface area contributed by atoms with Gasteiger partial charge in [-0.3, -0.25) is 18.0 Å². The van der Waals surface area contributed by atoms with E-state index in [9.17, 15) is 9.59 Å². The molecule has 0 rings (SSSR count). The zero-order chi connectivity index (χ0) is 16.4. The summed E-state index contributed by atoms with van der Waals surface area (Å²) in [6, 6.07) is 0. The van der Waals surface area contributed by atoms with Crippen LogP contribution in [-0.4, -0.2) is 73.2 Å². The van der Waals surface area contributed by atoms with Gasteiger partial charge in [0.05, 0.1) is 34.1 Å². The Kier molecular flexibility index (Phi) is 10.2. The molecular weight excluding hydrogens is 292 g/mol. The molecule has 0 aromatic carbocycles. The minimum atomic E-state index is -5.17. The molecule has 1 amide bonds. The van der Waals surface area contributed by atoms with Gasteiger partial charge in [0.2, 0.25) is 5.91 Å². The highest BCUT2D eigenvalue weighted by Crippen LogP contribution is 1.93. The number of hydrogen-bond acceptors (Lipinski definition) is 6. The number of amides is 1. The van der Waals surface area contributed by atoms with Crippen LogP contribution in [0, 0.1) is 0 Å². The Morgan fingerprint density at radius 1 is 1.15 bits per heavy atom. The summed E-state index contributed by atoms with van der Waals surface area (Å²) in [5.41, 5.74) is 0. The summed E-state index contributed by atoms with van der Waals surface area (Å²) in [4.78, 5) is 21.3. The highest BCUT2D eigenvalue weighted by atomic mass is 32.3. The van der Waals surface area contributed by atoms with E-state index in [2.05, 4.69) is 26.5 Å². The van der Waals surface area contributed by atoms with Crippen LogP contribution in [0.25, 0.3) is 0 Å². The lowest BCUT2D eigenvalue weighted by Crippen LogP contribution is -2.37. The normalized spacial score (nSPS) is 11.2. The quantitative estimate of drug-likeness (QED) is 0.257. The zero-order valence-electron chi connectivity index (χ0n) is 11.8. The molecule has 0 aliphatic heterocycles. The Hall–Kier alpha value is -1.23. The Bertz CT molecular complexity index is 392. The van der Waals surface area contributed by atoms with Crippen molar-refractivity contribution >= 4 is 22.3 Å². The van der Waals surface area contributed by atoms with Gasteiger partial charge in [0.25, 0.3) is 0 Å². The van der Waals surface area contributed by atoms with Gasteiger partial charge < -0.3 is 24.0 Å². The molecule has 0 aromatic heterocycles. The first-order valence-electron chi connectivity index (χ1n) is 5.77. The number of carboxylic acid groups (broad SMARTS) is 1. The minimum absolute atomic E-state index is 0.0692. The van der Waals surface area contributed by atoms with Crippen molar-refractivity contribution in [3.8, 4) is 0 Å². The van der Waals surface area contributed by atoms with E-state index in [-0.39, 0.29) is 18.7 Å². The van der Waals surface area contributed by atoms with E-state index >= 15 is 0 Å². The minimum Gasteiger partial charge on any atom is -0.759 e. The number of carboxylic acids is 1. The third kappa shape index (κ3) is 30.1. The van der Waals surface area contributed by atoms with Crippen molar-refractivity contribution in [2.24, 2.45) is 0 Å². The zero-order valence-corrected chi connectivity index (χ0v) is 12.6. The number of aliphatic carboxylic acids is 1. The molecule has 0 aromatic rings. The van der Waals surface area contributed by atoms with Crippen LogP contribution in [0.3, 0.4) is 0 Å². The van der Waals surface area contributed by atoms with Gasteiger partial charge >= 0.3 is 5.97 Å². The molecule has 0 bridgehead atoms. The number of nitrogens with zero attached hydrogens (tertiary/aromatic N) is 1. The van der Waals surface area contributed by atoms with Crippen LogP contribution in [0.4, 0.5) is 0 Å². The summed E-state index contributed by atoms with van der Waals surface area (Å²) in [6.45, 7) is 1.60. The van der Waals surface area contributed by atoms with E-state index in [1.165, 1.54) is 0 Å². The average molecular weight is 313 g/mol. The van der Waals surface area contributed by atoms with Crippen LogP contribution in [0.1, 0.15) is 19.3 Å². The van der Waals surface area contributed by atoms with Gasteiger partial charge in [-0.15, -0.1) is 0 Å². The number of nitrogens with one attached hydrogen (secondary N) is 1. The standard InChI is InChI=1S/C10H20N2O3.H2O4S/c1-12(2,3)8-4-7-11-9(13)5-6-10(14)15;1-5(2,3)4/h4-8H2,1-3H3,(H-,11,13,14,15);(H2,1,2,3,4)/p-1. The highest BCUT2D eigenvalue weighted by molar-refractivity contribution is 7.79. The topological polar surface area (TPSA) is 147 Å². The maximum Gasteiger partial charge on any atom is 0.303 e. The van der Waals surface area contributed by atoms with Crippen LogP contribution in [-0.2, 0) is 20.0 Å². The predicted octanol–water partition coefficient (Wildman–Crippen LogP) is -1.27. The van der Waals surface area contributed by atoms with E-state index in [1.807, 2.05) is 0 Å². The molecule has 0 unspecified atom stereocenters. The van der Waals surface area contributed by atoms with Crippen LogP contribution in [0.2, 0.25) is 0 Å². The van der Waals surface area contributed by atoms with Crippen LogP contribution >= 0.6 is 0 Å². The van der Waals surface area contributed by atoms with Gasteiger partial charge in [-0.2, -0.15) is 0 Å². The lowest BCUT2D eigenvalue weighted by atomic mass is 10.3. The molecule has 0 atom stereocenters. The molecule has 0 radical (unpaired) electrons. The molecule has 0 saturated heterocycles. The third-order valence-electron chi connectivity index (χ3n) is 1.89. The monoisotopic (exact) mass is 313 g/mol. The van der Waals surface area contributed by atoms with Crippen molar-refractivity contribution < 1.29 is 36.7 Å². The third-order valence-corrected chi connectivity index (χ3v) is 1.89. The van der Waals surface area contributed by atoms with Gasteiger partial charge in [-0.05, 0) is 0 Å². The molecule has 9 nitrogen and oxygen atoms in total. The number of quaternary nitrogens is 1. The van der Waals surface area contributed by atoms with Gasteiger partial charge in [-0.1, -0.05) is 0 Å². The second kappa shape index (κ2) is 9.64. The molecule has 0 fully saturated rings. The van der Waals surface area contributed by atoms with Gasteiger partial charge in [0.15, 0.2) is 0 Å². The first kappa shape index (κ1) is 21.1. The predicted molar refractivity (Wildman–Crippen MR) is 67.9 cm³/mol. The van der Waals surface area contributed by atoms with Crippen molar-refractivity contribution in [1.82, 2.24) is 5.32 Å². The fourth-order valence-electron chi connectivity index (χ4n) is 1.09. The van der Waals surface area contributed by atoms with Gasteiger partial charge in [-0.25, -0.2) is 0 Å². The fraction of sp³-hybridized carbons (Fsp3) is 0.800. The van der Waals surface area contributed by atoms with E-state index in [0.29, 0.717) is 6.54 Å². The van der Waals surface area contributed by atoms with E-state index in [0.717, 1.165) is 17.4 Å². The molecular formula is C10H21N2O7S-. The van der Waals surface area contributed by atoms with Crippen LogP contribution in [0.15, 0.2) is 0 Å². The van der Waals surface area contributed by atoms with Crippen molar-refractivity contribution in [1.29, 1.82) is 0 Å². The summed E-state index contributed by atoms with van der Waals surface area (Å²) in [5, 5.41) is 11.1. The summed E-state index contributed by atoms with van der Waals surface area (Å²) in [6.07, 6.45) is 0.878. The lowest BCUT2D eigenvalue weighted by molar-refractivity contribution is -0.870. The molecule has 10 heteroatoms. The maximum atomic E-state index is 11.1. The van der Waals surface area contributed by atoms with Crippen molar-refractivity contribution in [2.45, 2.75) is 19.3 Å². The summed E-state index contributed by atoms with van der Waals surface area (Å²) in [7, 11) is 1.10. The van der Waals surface area contributed by atoms with Crippen molar-refractivity contribution in [3.05, 3.63) is 0 Å². The first-order chi connectivity index (χ1) is 8.81. The highest BCUT2D eigenvalue weighted by Gasteiger charge is 2.07. The Morgan fingerprint density at radius 3 is 1.95 bits per heavy atom. The molecule has 0 aliphatic rings. The number of rotatable bonds is 7. The van der Waals surface area contributed by atoms with Crippen LogP contribution < -0.4 is 5.32 Å². The molecule has 2 N–H and O–H groups in total. The van der Waals surface area contributed by atoms with E-state index < -0.39 is 16.4 Å². The summed E-state index contributed by atoms with van der Waals surface area (Å²) < 4.78 is 34.9. The van der Waals surface area contributed by atoms with E-state index in [4.69, 9.17) is 22.6 Å². The Labute approximate surface area is 118 Å². The number of carbonyl (C=O) groups is 2. The number of carbonyl (C=O) groups excluding carboxylic acids is 1. The largest absolute Gasteiger partial charge is 0.759 e. The number of hydrogen-bond donors (Lipinski definition) is 2. The Balaban J connectivity index is 0. The smallest absolute Gasteiger partial charge is 0.303 e. The molecule has 0 spiro atoms. The molecule has 0 heterocycles. The second-order valence-electron chi connectivity index (χ2n) is 5.02. The average Bonchev–Trinajstić information content (AvgIpc) is 2.17. The first-order valence-corrected chi connectivity index (χ1v) is 7.10. The fourth-order valence-corrected chi connectivity index (χ4v) is 1.09. The van der Waals surface area contributed by atoms with Gasteiger partial charge in [0.1, 0.15) is 0 Å². The molecule has 120 valence electrons. The summed E-state index contributed by atoms with van der Waals surface area (Å²) >= 11 is 0. The summed E-state index contributed by atoms with van der Waals surface area (Å²) in [5.74, 6) is -1.12. The molecule has 0 aliphatic carbocycles. The SMILES string of the molecule is C[N+](C)(C)CCCNC(=O)CCC(=O)O.O=S(=O)([O-])[O-]. The van der Waals surface area contributed by atoms with Crippen LogP contribution in [0.5, 0.6) is 0 Å². The maximum absolute atomic E-state index is 11.1. The van der Waals surface area contributed by atoms with Crippen molar-refractivity contribution in [3.63, 3.8) is 0 Å². The van der Waals surface area contributed by atoms with Crippen molar-refractivity contribution in [2.75, 3.05) is 34.2 Å². The van der Waals surface area contributed by atoms with Gasteiger partial charge in [0, 0.05) is 29.8 Å². The molecule has 0 saturated carbocycles. The Morgan fingerprint density at radius 2 is 1.60 bits per heavy atom. The van der Waals surface area contributed by atoms with E-state index in [1.54, 1.807) is 0 Å². The lowest BCUT2D eigenvalue weighted by Gasteiger charge is -2.23.